The summed E-state index contributed by atoms with van der Waals surface area (Å²) >= 11 is 7.32. The van der Waals surface area contributed by atoms with E-state index in [9.17, 15) is 14.7 Å². The topological polar surface area (TPSA) is 71.3 Å². The van der Waals surface area contributed by atoms with E-state index in [2.05, 4.69) is 11.4 Å². The van der Waals surface area contributed by atoms with Gasteiger partial charge in [0, 0.05) is 50.4 Å². The van der Waals surface area contributed by atoms with Crippen molar-refractivity contribution >= 4 is 51.7 Å². The minimum Gasteiger partial charge on any atom is -0.478 e. The van der Waals surface area contributed by atoms with E-state index in [4.69, 9.17) is 11.6 Å². The smallest absolute Gasteiger partial charge is 0.338 e. The van der Waals surface area contributed by atoms with Crippen molar-refractivity contribution in [3.05, 3.63) is 88.1 Å². The molecule has 2 fully saturated rings. The van der Waals surface area contributed by atoms with E-state index in [1.54, 1.807) is 10.6 Å². The fourth-order valence-corrected chi connectivity index (χ4v) is 7.97. The molecule has 7 rings (SSSR count). The van der Waals surface area contributed by atoms with Crippen molar-refractivity contribution in [2.24, 2.45) is 5.92 Å². The van der Waals surface area contributed by atoms with E-state index >= 15 is 8.78 Å². The van der Waals surface area contributed by atoms with Crippen LogP contribution in [0.15, 0.2) is 64.4 Å². The lowest BCUT2D eigenvalue weighted by molar-refractivity contribution is -0.129. The Balaban J connectivity index is 1.33. The van der Waals surface area contributed by atoms with Gasteiger partial charge in [-0.2, -0.15) is 0 Å². The summed E-state index contributed by atoms with van der Waals surface area (Å²) < 4.78 is 32.7. The molecule has 1 spiro atoms. The van der Waals surface area contributed by atoms with E-state index in [1.165, 1.54) is 29.8 Å². The molecule has 2 unspecified atom stereocenters. The summed E-state index contributed by atoms with van der Waals surface area (Å²) in [5, 5.41) is 13.4. The van der Waals surface area contributed by atoms with Crippen LogP contribution >= 0.6 is 23.4 Å². The second-order valence-corrected chi connectivity index (χ2v) is 12.4. The number of carbonyl (C=O) groups is 2. The first-order chi connectivity index (χ1) is 19.3. The monoisotopic (exact) mass is 578 g/mol. The van der Waals surface area contributed by atoms with Gasteiger partial charge >= 0.3 is 5.97 Å². The molecule has 5 nitrogen and oxygen atoms in total. The van der Waals surface area contributed by atoms with Crippen LogP contribution in [0.1, 0.15) is 53.2 Å². The molecule has 2 N–H and O–H groups in total. The number of anilines is 1. The molecule has 1 aromatic heterocycles. The number of nitrogens with zero attached hydrogens (tertiary/aromatic N) is 1. The SMILES string of the molecule is O=C(O)c1cccc(Sc2c(C3CC3)n(CC(=O)C3CCC34CNc3ccccc34)c3c(F)c(Cl)ccc23)c1F. The highest BCUT2D eigenvalue weighted by Crippen LogP contribution is 2.55. The third-order valence-corrected chi connectivity index (χ3v) is 10.2. The number of carboxylic acid groups (broad SMARTS) is 1. The van der Waals surface area contributed by atoms with Crippen molar-refractivity contribution in [1.29, 1.82) is 0 Å². The van der Waals surface area contributed by atoms with E-state index in [0.717, 1.165) is 48.8 Å². The number of nitrogens with one attached hydrogen (secondary N) is 1. The third kappa shape index (κ3) is 3.79. The summed E-state index contributed by atoms with van der Waals surface area (Å²) in [4.78, 5) is 26.3. The maximum absolute atomic E-state index is 15.7. The second kappa shape index (κ2) is 9.35. The number of halogens is 3. The summed E-state index contributed by atoms with van der Waals surface area (Å²) in [5.41, 5.74) is 2.56. The minimum atomic E-state index is -1.36. The van der Waals surface area contributed by atoms with Gasteiger partial charge in [-0.1, -0.05) is 47.6 Å². The average molecular weight is 579 g/mol. The van der Waals surface area contributed by atoms with Crippen molar-refractivity contribution in [3.63, 3.8) is 0 Å². The average Bonchev–Trinajstić information content (AvgIpc) is 3.60. The van der Waals surface area contributed by atoms with Crippen LogP contribution in [-0.2, 0) is 16.8 Å². The highest BCUT2D eigenvalue weighted by molar-refractivity contribution is 7.99. The van der Waals surface area contributed by atoms with Crippen LogP contribution in [0.3, 0.4) is 0 Å². The molecule has 9 heteroatoms. The Morgan fingerprint density at radius 2 is 1.85 bits per heavy atom. The third-order valence-electron chi connectivity index (χ3n) is 8.78. The largest absolute Gasteiger partial charge is 0.478 e. The number of Topliss-reactive ketones (excluding diaryl/α,β-unsaturated/α-hetero) is 1. The van der Waals surface area contributed by atoms with E-state index in [-0.39, 0.29) is 45.0 Å². The Morgan fingerprint density at radius 1 is 1.05 bits per heavy atom. The Kier molecular flexibility index (Phi) is 5.98. The van der Waals surface area contributed by atoms with Gasteiger partial charge in [0.25, 0.3) is 0 Å². The lowest BCUT2D eigenvalue weighted by Crippen LogP contribution is -2.50. The molecule has 2 saturated carbocycles. The Labute approximate surface area is 238 Å². The van der Waals surface area contributed by atoms with Crippen LogP contribution in [-0.4, -0.2) is 28.0 Å². The zero-order chi connectivity index (χ0) is 27.8. The number of aromatic nitrogens is 1. The quantitative estimate of drug-likeness (QED) is 0.236. The van der Waals surface area contributed by atoms with Crippen LogP contribution in [0.5, 0.6) is 0 Å². The molecule has 0 bridgehead atoms. The summed E-state index contributed by atoms with van der Waals surface area (Å²) in [7, 11) is 0. The zero-order valence-electron chi connectivity index (χ0n) is 21.3. The lowest BCUT2D eigenvalue weighted by Gasteiger charge is -2.46. The molecule has 0 radical (unpaired) electrons. The first-order valence-corrected chi connectivity index (χ1v) is 14.6. The molecule has 2 heterocycles. The predicted octanol–water partition coefficient (Wildman–Crippen LogP) is 7.64. The molecule has 3 aromatic carbocycles. The van der Waals surface area contributed by atoms with E-state index in [1.807, 2.05) is 18.2 Å². The molecular weight excluding hydrogens is 554 g/mol. The number of para-hydroxylation sites is 1. The highest BCUT2D eigenvalue weighted by Gasteiger charge is 2.54. The van der Waals surface area contributed by atoms with Crippen molar-refractivity contribution in [2.45, 2.75) is 53.4 Å². The van der Waals surface area contributed by atoms with Crippen molar-refractivity contribution in [1.82, 2.24) is 4.57 Å². The van der Waals surface area contributed by atoms with Gasteiger partial charge in [0.1, 0.15) is 0 Å². The number of hydrogen-bond acceptors (Lipinski definition) is 4. The zero-order valence-corrected chi connectivity index (χ0v) is 22.9. The van der Waals surface area contributed by atoms with E-state index in [0.29, 0.717) is 16.8 Å². The summed E-state index contributed by atoms with van der Waals surface area (Å²) in [6.45, 7) is 0.692. The van der Waals surface area contributed by atoms with Crippen LogP contribution in [0, 0.1) is 17.6 Å². The van der Waals surface area contributed by atoms with Crippen LogP contribution in [0.25, 0.3) is 10.9 Å². The number of ketones is 1. The summed E-state index contributed by atoms with van der Waals surface area (Å²) in [5.74, 6) is -2.87. The second-order valence-electron chi connectivity index (χ2n) is 11.0. The number of carboxylic acids is 1. The fourth-order valence-electron chi connectivity index (χ4n) is 6.59. The van der Waals surface area contributed by atoms with Gasteiger partial charge < -0.3 is 15.0 Å². The highest BCUT2D eigenvalue weighted by atomic mass is 35.5. The predicted molar refractivity (Wildman–Crippen MR) is 151 cm³/mol. The first kappa shape index (κ1) is 25.6. The van der Waals surface area contributed by atoms with Crippen LogP contribution in [0.2, 0.25) is 5.02 Å². The number of rotatable bonds is 7. The van der Waals surface area contributed by atoms with Gasteiger partial charge in [-0.05, 0) is 61.6 Å². The number of carbonyl (C=O) groups excluding carboxylic acids is 1. The Hall–Kier alpha value is -3.36. The maximum atomic E-state index is 15.7. The van der Waals surface area contributed by atoms with Crippen molar-refractivity contribution in [2.75, 3.05) is 11.9 Å². The molecule has 2 aliphatic carbocycles. The van der Waals surface area contributed by atoms with Gasteiger partial charge in [0.2, 0.25) is 0 Å². The number of hydrogen-bond donors (Lipinski definition) is 2. The Morgan fingerprint density at radius 3 is 2.58 bits per heavy atom. The molecule has 4 aromatic rings. The van der Waals surface area contributed by atoms with Gasteiger partial charge in [-0.25, -0.2) is 13.6 Å². The van der Waals surface area contributed by atoms with Crippen molar-refractivity contribution in [3.8, 4) is 0 Å². The standard InChI is InChI=1S/C31H25ClF2N2O3S/c32-21-11-10-18-28(26(21)34)36(14-23(37)20-12-13-31(20)15-35-22-6-2-1-5-19(22)31)27(16-8-9-16)29(18)40-24-7-3-4-17(25(24)33)30(38)39/h1-7,10-11,16,20,35H,8-9,12-15H2,(H,38,39). The molecule has 204 valence electrons. The van der Waals surface area contributed by atoms with Gasteiger partial charge in [0.05, 0.1) is 22.6 Å². The Bertz CT molecular complexity index is 1730. The molecular formula is C31H25ClF2N2O3S. The number of benzene rings is 3. The van der Waals surface area contributed by atoms with Crippen LogP contribution in [0.4, 0.5) is 14.5 Å². The van der Waals surface area contributed by atoms with Gasteiger partial charge in [-0.15, -0.1) is 0 Å². The molecule has 3 aliphatic rings. The van der Waals surface area contributed by atoms with Crippen LogP contribution < -0.4 is 5.32 Å². The summed E-state index contributed by atoms with van der Waals surface area (Å²) in [6, 6.07) is 15.5. The molecule has 40 heavy (non-hydrogen) atoms. The maximum Gasteiger partial charge on any atom is 0.338 e. The van der Waals surface area contributed by atoms with E-state index < -0.39 is 23.2 Å². The molecule has 2 atom stereocenters. The molecule has 1 aliphatic heterocycles. The first-order valence-electron chi connectivity index (χ1n) is 13.4. The molecule has 0 saturated heterocycles. The normalized spacial score (nSPS) is 21.3. The van der Waals surface area contributed by atoms with Crippen molar-refractivity contribution < 1.29 is 23.5 Å². The molecule has 0 amide bonds. The minimum absolute atomic E-state index is 0.00755. The number of fused-ring (bicyclic) bond motifs is 3. The number of aromatic carboxylic acids is 1. The summed E-state index contributed by atoms with van der Waals surface area (Å²) in [6.07, 6.45) is 3.42. The lowest BCUT2D eigenvalue weighted by atomic mass is 9.56. The fraction of sp³-hybridized carbons (Fsp3) is 0.290. The van der Waals surface area contributed by atoms with Gasteiger partial charge in [0.15, 0.2) is 17.4 Å². The van der Waals surface area contributed by atoms with Gasteiger partial charge in [-0.3, -0.25) is 4.79 Å².